The van der Waals surface area contributed by atoms with Gasteiger partial charge in [0.2, 0.25) is 5.91 Å². The molecule has 3 rings (SSSR count). The summed E-state index contributed by atoms with van der Waals surface area (Å²) in [6.45, 7) is 2.73. The zero-order chi connectivity index (χ0) is 14.0. The molecule has 2 N–H and O–H groups in total. The average Bonchev–Trinajstić information content (AvgIpc) is 3.02. The first-order valence-corrected chi connectivity index (χ1v) is 8.00. The number of nitrogens with zero attached hydrogens (tertiary/aromatic N) is 1. The number of hydrogen-bond donors (Lipinski definition) is 1. The van der Waals surface area contributed by atoms with E-state index in [-0.39, 0.29) is 18.1 Å². The molecule has 5 heteroatoms. The van der Waals surface area contributed by atoms with Gasteiger partial charge in [-0.2, -0.15) is 0 Å². The lowest BCUT2D eigenvalue weighted by Crippen LogP contribution is -2.60. The fourth-order valence-electron chi connectivity index (χ4n) is 3.69. The van der Waals surface area contributed by atoms with Gasteiger partial charge in [0.25, 0.3) is 0 Å². The quantitative estimate of drug-likeness (QED) is 0.822. The molecular weight excluding hydrogens is 256 g/mol. The molecule has 0 aromatic rings. The monoisotopic (exact) mass is 282 g/mol. The van der Waals surface area contributed by atoms with Gasteiger partial charge in [-0.05, 0) is 25.7 Å². The fraction of sp³-hybridized carbons (Fsp3) is 0.933. The lowest BCUT2D eigenvalue weighted by molar-refractivity contribution is -0.151. The molecule has 0 radical (unpaired) electrons. The van der Waals surface area contributed by atoms with Crippen LogP contribution in [0.15, 0.2) is 0 Å². The predicted octanol–water partition coefficient (Wildman–Crippen LogP) is 1.05. The van der Waals surface area contributed by atoms with Crippen LogP contribution in [-0.4, -0.2) is 54.9 Å². The Morgan fingerprint density at radius 2 is 1.80 bits per heavy atom. The molecule has 5 nitrogen and oxygen atoms in total. The molecule has 0 aromatic heterocycles. The number of carbonyl (C=O) groups excluding carboxylic acids is 1. The lowest BCUT2D eigenvalue weighted by Gasteiger charge is -2.41. The first-order valence-electron chi connectivity index (χ1n) is 8.00. The van der Waals surface area contributed by atoms with Crippen LogP contribution >= 0.6 is 0 Å². The van der Waals surface area contributed by atoms with Crippen molar-refractivity contribution in [2.45, 2.75) is 62.7 Å². The van der Waals surface area contributed by atoms with E-state index in [0.29, 0.717) is 19.7 Å². The van der Waals surface area contributed by atoms with Crippen molar-refractivity contribution in [1.29, 1.82) is 0 Å². The second kappa shape index (κ2) is 6.00. The molecule has 114 valence electrons. The van der Waals surface area contributed by atoms with E-state index in [9.17, 15) is 4.79 Å². The second-order valence-corrected chi connectivity index (χ2v) is 6.43. The lowest BCUT2D eigenvalue weighted by atomic mass is 9.81. The number of morpholine rings is 1. The fourth-order valence-corrected chi connectivity index (χ4v) is 3.69. The molecule has 0 bridgehead atoms. The third-order valence-corrected chi connectivity index (χ3v) is 4.93. The first kappa shape index (κ1) is 14.3. The van der Waals surface area contributed by atoms with Gasteiger partial charge < -0.3 is 20.1 Å². The molecule has 1 amide bonds. The van der Waals surface area contributed by atoms with Crippen LogP contribution in [0.3, 0.4) is 0 Å². The Labute approximate surface area is 120 Å². The van der Waals surface area contributed by atoms with Crippen molar-refractivity contribution in [2.75, 3.05) is 26.3 Å². The minimum atomic E-state index is -0.628. The molecule has 3 aliphatic rings. The summed E-state index contributed by atoms with van der Waals surface area (Å²) in [7, 11) is 0. The van der Waals surface area contributed by atoms with Crippen molar-refractivity contribution in [2.24, 2.45) is 5.73 Å². The summed E-state index contributed by atoms with van der Waals surface area (Å²) in [6, 6.07) is 0. The highest BCUT2D eigenvalue weighted by Crippen LogP contribution is 2.29. The minimum absolute atomic E-state index is 0.0300. The van der Waals surface area contributed by atoms with Crippen LogP contribution in [0.5, 0.6) is 0 Å². The van der Waals surface area contributed by atoms with E-state index in [0.717, 1.165) is 45.1 Å². The van der Waals surface area contributed by atoms with E-state index in [4.69, 9.17) is 15.2 Å². The summed E-state index contributed by atoms with van der Waals surface area (Å²) < 4.78 is 11.5. The van der Waals surface area contributed by atoms with Crippen LogP contribution in [0, 0.1) is 0 Å². The highest BCUT2D eigenvalue weighted by molar-refractivity contribution is 5.86. The van der Waals surface area contributed by atoms with Crippen LogP contribution in [0.4, 0.5) is 0 Å². The first-order chi connectivity index (χ1) is 9.69. The van der Waals surface area contributed by atoms with Gasteiger partial charge in [0.05, 0.1) is 18.2 Å². The SMILES string of the molecule is NC1(C(=O)N2CCO[C@H]([C@H]3CCCO3)C2)CCCCC1. The molecule has 2 atom stereocenters. The number of carbonyl (C=O) groups is 1. The summed E-state index contributed by atoms with van der Waals surface area (Å²) >= 11 is 0. The number of amides is 1. The Bertz CT molecular complexity index is 349. The standard InChI is InChI=1S/C15H26N2O3/c16-15(6-2-1-3-7-15)14(18)17-8-10-20-13(11-17)12-5-4-9-19-12/h12-13H,1-11,16H2/t12-,13+/m1/s1. The largest absolute Gasteiger partial charge is 0.375 e. The smallest absolute Gasteiger partial charge is 0.242 e. The van der Waals surface area contributed by atoms with Gasteiger partial charge in [-0.1, -0.05) is 19.3 Å². The van der Waals surface area contributed by atoms with Crippen LogP contribution in [0.1, 0.15) is 44.9 Å². The maximum atomic E-state index is 12.7. The summed E-state index contributed by atoms with van der Waals surface area (Å²) in [6.07, 6.45) is 7.33. The Morgan fingerprint density at radius 3 is 2.50 bits per heavy atom. The number of nitrogens with two attached hydrogens (primary N) is 1. The number of rotatable bonds is 2. The van der Waals surface area contributed by atoms with E-state index >= 15 is 0 Å². The molecule has 2 saturated heterocycles. The highest BCUT2D eigenvalue weighted by Gasteiger charge is 2.41. The normalized spacial score (nSPS) is 34.1. The average molecular weight is 282 g/mol. The van der Waals surface area contributed by atoms with Crippen molar-refractivity contribution < 1.29 is 14.3 Å². The Kier molecular flexibility index (Phi) is 4.29. The van der Waals surface area contributed by atoms with Crippen molar-refractivity contribution in [1.82, 2.24) is 4.90 Å². The predicted molar refractivity (Wildman–Crippen MR) is 75.3 cm³/mol. The summed E-state index contributed by atoms with van der Waals surface area (Å²) in [4.78, 5) is 14.7. The van der Waals surface area contributed by atoms with E-state index in [2.05, 4.69) is 0 Å². The van der Waals surface area contributed by atoms with Gasteiger partial charge in [-0.3, -0.25) is 4.79 Å². The van der Waals surface area contributed by atoms with Gasteiger partial charge in [-0.25, -0.2) is 0 Å². The third-order valence-electron chi connectivity index (χ3n) is 4.93. The highest BCUT2D eigenvalue weighted by atomic mass is 16.5. The van der Waals surface area contributed by atoms with E-state index < -0.39 is 5.54 Å². The Balaban J connectivity index is 1.62. The molecule has 0 aromatic carbocycles. The van der Waals surface area contributed by atoms with Gasteiger partial charge in [0.1, 0.15) is 6.10 Å². The molecule has 1 aliphatic carbocycles. The Morgan fingerprint density at radius 1 is 1.05 bits per heavy atom. The number of hydrogen-bond acceptors (Lipinski definition) is 4. The number of ether oxygens (including phenoxy) is 2. The minimum Gasteiger partial charge on any atom is -0.375 e. The molecule has 1 saturated carbocycles. The van der Waals surface area contributed by atoms with Crippen molar-refractivity contribution in [3.05, 3.63) is 0 Å². The third kappa shape index (κ3) is 2.85. The molecule has 0 spiro atoms. The molecule has 2 aliphatic heterocycles. The van der Waals surface area contributed by atoms with Crippen molar-refractivity contribution in [3.63, 3.8) is 0 Å². The van der Waals surface area contributed by atoms with E-state index in [1.807, 2.05) is 4.90 Å². The van der Waals surface area contributed by atoms with E-state index in [1.165, 1.54) is 6.42 Å². The van der Waals surface area contributed by atoms with Crippen molar-refractivity contribution in [3.8, 4) is 0 Å². The zero-order valence-corrected chi connectivity index (χ0v) is 12.2. The summed E-state index contributed by atoms with van der Waals surface area (Å²) in [5.41, 5.74) is 5.74. The molecular formula is C15H26N2O3. The molecule has 0 unspecified atom stereocenters. The van der Waals surface area contributed by atoms with Gasteiger partial charge in [0, 0.05) is 19.7 Å². The van der Waals surface area contributed by atoms with Crippen molar-refractivity contribution >= 4 is 5.91 Å². The van der Waals surface area contributed by atoms with Gasteiger partial charge >= 0.3 is 0 Å². The van der Waals surface area contributed by atoms with Gasteiger partial charge in [0.15, 0.2) is 0 Å². The van der Waals surface area contributed by atoms with Gasteiger partial charge in [-0.15, -0.1) is 0 Å². The molecule has 2 heterocycles. The van der Waals surface area contributed by atoms with Crippen LogP contribution < -0.4 is 5.73 Å². The van der Waals surface area contributed by atoms with E-state index in [1.54, 1.807) is 0 Å². The van der Waals surface area contributed by atoms with Crippen LogP contribution in [-0.2, 0) is 14.3 Å². The van der Waals surface area contributed by atoms with Crippen LogP contribution in [0.25, 0.3) is 0 Å². The molecule has 20 heavy (non-hydrogen) atoms. The summed E-state index contributed by atoms with van der Waals surface area (Å²) in [5.74, 6) is 0.128. The van der Waals surface area contributed by atoms with Crippen LogP contribution in [0.2, 0.25) is 0 Å². The maximum Gasteiger partial charge on any atom is 0.242 e. The molecule has 3 fully saturated rings. The Hall–Kier alpha value is -0.650. The second-order valence-electron chi connectivity index (χ2n) is 6.43. The topological polar surface area (TPSA) is 64.8 Å². The zero-order valence-electron chi connectivity index (χ0n) is 12.2. The summed E-state index contributed by atoms with van der Waals surface area (Å²) in [5, 5.41) is 0. The maximum absolute atomic E-state index is 12.7.